The van der Waals surface area contributed by atoms with Gasteiger partial charge in [0.1, 0.15) is 11.5 Å². The van der Waals surface area contributed by atoms with E-state index in [2.05, 4.69) is 0 Å². The maximum atomic E-state index is 11.5. The number of ether oxygens (including phenoxy) is 2. The third-order valence-corrected chi connectivity index (χ3v) is 2.86. The third kappa shape index (κ3) is 3.54. The summed E-state index contributed by atoms with van der Waals surface area (Å²) >= 11 is 0. The summed E-state index contributed by atoms with van der Waals surface area (Å²) < 4.78 is 10.8. The van der Waals surface area contributed by atoms with Gasteiger partial charge in [0.15, 0.2) is 0 Å². The number of hydrogen-bond donors (Lipinski definition) is 2. The molecule has 0 fully saturated rings. The minimum Gasteiger partial charge on any atom is -0.478 e. The average Bonchev–Trinajstić information content (AvgIpc) is 2.48. The smallest absolute Gasteiger partial charge is 0.390 e. The normalized spacial score (nSPS) is 13.0. The molecule has 0 aliphatic carbocycles. The lowest BCUT2D eigenvalue weighted by Crippen LogP contribution is -2.47. The molecule has 0 bridgehead atoms. The van der Waals surface area contributed by atoms with Crippen LogP contribution >= 0.6 is 0 Å². The van der Waals surface area contributed by atoms with Crippen molar-refractivity contribution in [1.82, 2.24) is 0 Å². The van der Waals surface area contributed by atoms with E-state index in [1.165, 1.54) is 31.2 Å². The Bertz CT molecular complexity index is 665. The minimum atomic E-state index is -1.94. The highest BCUT2D eigenvalue weighted by molar-refractivity contribution is 5.87. The Morgan fingerprint density at radius 1 is 0.864 bits per heavy atom. The molecule has 0 spiro atoms. The molecule has 2 N–H and O–H groups in total. The van der Waals surface area contributed by atoms with Crippen molar-refractivity contribution < 1.29 is 29.3 Å². The van der Waals surface area contributed by atoms with Crippen LogP contribution in [-0.4, -0.2) is 27.9 Å². The van der Waals surface area contributed by atoms with Crippen LogP contribution in [0, 0.1) is 0 Å². The van der Waals surface area contributed by atoms with Crippen molar-refractivity contribution in [1.29, 1.82) is 0 Å². The second-order valence-corrected chi connectivity index (χ2v) is 4.60. The first-order valence-corrected chi connectivity index (χ1v) is 6.40. The van der Waals surface area contributed by atoms with Crippen LogP contribution in [0.5, 0.6) is 11.5 Å². The quantitative estimate of drug-likeness (QED) is 0.797. The predicted molar refractivity (Wildman–Crippen MR) is 77.1 cm³/mol. The van der Waals surface area contributed by atoms with Crippen LogP contribution in [0.25, 0.3) is 0 Å². The molecule has 0 saturated heterocycles. The van der Waals surface area contributed by atoms with Crippen molar-refractivity contribution >= 4 is 11.9 Å². The molecule has 2 aromatic rings. The molecule has 0 aromatic heterocycles. The number of carbonyl (C=O) groups is 2. The van der Waals surface area contributed by atoms with E-state index in [0.29, 0.717) is 5.75 Å². The Hall–Kier alpha value is -3.02. The SMILES string of the molecule is CC(Oc1ccccc1)(Oc1ccc(C(=O)O)cc1)C(=O)O. The fourth-order valence-electron chi connectivity index (χ4n) is 1.71. The molecule has 0 heterocycles. The lowest BCUT2D eigenvalue weighted by atomic mass is 10.2. The van der Waals surface area contributed by atoms with Crippen LogP contribution in [0.1, 0.15) is 17.3 Å². The molecule has 0 radical (unpaired) electrons. The zero-order valence-corrected chi connectivity index (χ0v) is 11.7. The van der Waals surface area contributed by atoms with Gasteiger partial charge in [0.05, 0.1) is 5.56 Å². The average molecular weight is 302 g/mol. The Kier molecular flexibility index (Phi) is 4.31. The number of hydrogen-bond acceptors (Lipinski definition) is 4. The molecule has 1 atom stereocenters. The highest BCUT2D eigenvalue weighted by Crippen LogP contribution is 2.23. The van der Waals surface area contributed by atoms with E-state index in [1.807, 2.05) is 0 Å². The molecule has 6 nitrogen and oxygen atoms in total. The molecule has 0 aliphatic rings. The molecule has 114 valence electrons. The van der Waals surface area contributed by atoms with Crippen molar-refractivity contribution in [2.45, 2.75) is 12.7 Å². The molecule has 2 aromatic carbocycles. The Morgan fingerprint density at radius 3 is 1.82 bits per heavy atom. The van der Waals surface area contributed by atoms with Gasteiger partial charge < -0.3 is 19.7 Å². The number of aromatic carboxylic acids is 1. The van der Waals surface area contributed by atoms with Crippen LogP contribution < -0.4 is 9.47 Å². The topological polar surface area (TPSA) is 93.1 Å². The summed E-state index contributed by atoms with van der Waals surface area (Å²) in [4.78, 5) is 22.2. The molecule has 2 rings (SSSR count). The van der Waals surface area contributed by atoms with E-state index in [9.17, 15) is 14.7 Å². The van der Waals surface area contributed by atoms with Crippen molar-refractivity contribution in [2.75, 3.05) is 0 Å². The highest BCUT2D eigenvalue weighted by Gasteiger charge is 2.38. The third-order valence-electron chi connectivity index (χ3n) is 2.86. The summed E-state index contributed by atoms with van der Waals surface area (Å²) in [5, 5.41) is 18.2. The first-order valence-electron chi connectivity index (χ1n) is 6.40. The van der Waals surface area contributed by atoms with Gasteiger partial charge in [-0.1, -0.05) is 18.2 Å². The van der Waals surface area contributed by atoms with Gasteiger partial charge in [-0.2, -0.15) is 0 Å². The van der Waals surface area contributed by atoms with Crippen molar-refractivity contribution in [3.63, 3.8) is 0 Å². The second kappa shape index (κ2) is 6.17. The summed E-state index contributed by atoms with van der Waals surface area (Å²) in [6.07, 6.45) is 0. The van der Waals surface area contributed by atoms with Crippen LogP contribution in [0.15, 0.2) is 54.6 Å². The van der Waals surface area contributed by atoms with E-state index >= 15 is 0 Å². The van der Waals surface area contributed by atoms with Gasteiger partial charge >= 0.3 is 17.7 Å². The van der Waals surface area contributed by atoms with Crippen molar-refractivity contribution in [3.8, 4) is 11.5 Å². The van der Waals surface area contributed by atoms with Crippen molar-refractivity contribution in [3.05, 3.63) is 60.2 Å². The molecular weight excluding hydrogens is 288 g/mol. The lowest BCUT2D eigenvalue weighted by molar-refractivity contribution is -0.181. The number of carboxylic acids is 2. The predicted octanol–water partition coefficient (Wildman–Crippen LogP) is 2.64. The second-order valence-electron chi connectivity index (χ2n) is 4.60. The first-order chi connectivity index (χ1) is 10.4. The number of carboxylic acid groups (broad SMARTS) is 2. The maximum absolute atomic E-state index is 11.5. The number of para-hydroxylation sites is 1. The zero-order chi connectivity index (χ0) is 16.2. The molecule has 6 heteroatoms. The lowest BCUT2D eigenvalue weighted by Gasteiger charge is -2.27. The highest BCUT2D eigenvalue weighted by atomic mass is 16.7. The summed E-state index contributed by atoms with van der Waals surface area (Å²) in [7, 11) is 0. The van der Waals surface area contributed by atoms with Gasteiger partial charge in [0.2, 0.25) is 0 Å². The van der Waals surface area contributed by atoms with Gasteiger partial charge in [-0.3, -0.25) is 0 Å². The van der Waals surface area contributed by atoms with Crippen molar-refractivity contribution in [2.24, 2.45) is 0 Å². The maximum Gasteiger partial charge on any atom is 0.390 e. The van der Waals surface area contributed by atoms with Gasteiger partial charge in [0, 0.05) is 6.92 Å². The number of rotatable bonds is 6. The molecular formula is C16H14O6. The molecule has 1 unspecified atom stereocenters. The molecule has 22 heavy (non-hydrogen) atoms. The largest absolute Gasteiger partial charge is 0.478 e. The van der Waals surface area contributed by atoms with E-state index in [4.69, 9.17) is 14.6 Å². The van der Waals surface area contributed by atoms with Gasteiger partial charge in [-0.05, 0) is 36.4 Å². The fourth-order valence-corrected chi connectivity index (χ4v) is 1.71. The first kappa shape index (κ1) is 15.4. The van der Waals surface area contributed by atoms with E-state index in [-0.39, 0.29) is 11.3 Å². The molecule has 0 amide bonds. The molecule has 0 aliphatic heterocycles. The van der Waals surface area contributed by atoms with E-state index in [0.717, 1.165) is 0 Å². The summed E-state index contributed by atoms with van der Waals surface area (Å²) in [5.74, 6) is -3.79. The molecule has 0 saturated carbocycles. The Labute approximate surface area is 126 Å². The monoisotopic (exact) mass is 302 g/mol. The zero-order valence-electron chi connectivity index (χ0n) is 11.7. The Morgan fingerprint density at radius 2 is 1.36 bits per heavy atom. The van der Waals surface area contributed by atoms with Crippen LogP contribution in [0.4, 0.5) is 0 Å². The van der Waals surface area contributed by atoms with Gasteiger partial charge in [-0.15, -0.1) is 0 Å². The van der Waals surface area contributed by atoms with Gasteiger partial charge in [-0.25, -0.2) is 9.59 Å². The standard InChI is InChI=1S/C16H14O6/c1-16(15(19)20,21-12-5-3-2-4-6-12)22-13-9-7-11(8-10-13)14(17)18/h2-10H,1H3,(H,17,18)(H,19,20). The van der Waals surface area contributed by atoms with E-state index < -0.39 is 17.7 Å². The van der Waals surface area contributed by atoms with E-state index in [1.54, 1.807) is 30.3 Å². The number of aliphatic carboxylic acids is 1. The summed E-state index contributed by atoms with van der Waals surface area (Å²) in [6.45, 7) is 1.27. The summed E-state index contributed by atoms with van der Waals surface area (Å²) in [6, 6.07) is 13.8. The number of benzene rings is 2. The van der Waals surface area contributed by atoms with Crippen LogP contribution in [-0.2, 0) is 4.79 Å². The minimum absolute atomic E-state index is 0.0772. The Balaban J connectivity index is 2.21. The van der Waals surface area contributed by atoms with Crippen LogP contribution in [0.2, 0.25) is 0 Å². The summed E-state index contributed by atoms with van der Waals surface area (Å²) in [5.41, 5.74) is 0.0772. The van der Waals surface area contributed by atoms with Gasteiger partial charge in [0.25, 0.3) is 0 Å². The van der Waals surface area contributed by atoms with Crippen LogP contribution in [0.3, 0.4) is 0 Å². The fraction of sp³-hybridized carbons (Fsp3) is 0.125.